The van der Waals surface area contributed by atoms with Crippen LogP contribution in [0.1, 0.15) is 0 Å². The van der Waals surface area contributed by atoms with Gasteiger partial charge < -0.3 is 4.57 Å². The molecule has 0 amide bonds. The molecule has 0 atom stereocenters. The van der Waals surface area contributed by atoms with Crippen molar-refractivity contribution >= 4 is 65.7 Å². The predicted octanol–water partition coefficient (Wildman–Crippen LogP) is 14.1. The van der Waals surface area contributed by atoms with E-state index in [1.54, 1.807) is 0 Å². The van der Waals surface area contributed by atoms with E-state index in [2.05, 4.69) is 283 Å². The Bertz CT molecular complexity index is 5130. The van der Waals surface area contributed by atoms with Gasteiger partial charge in [-0.2, -0.15) is 0 Å². The van der Waals surface area contributed by atoms with Gasteiger partial charge in [0.25, 0.3) is 12.7 Å². The third kappa shape index (κ3) is 7.17. The zero-order chi connectivity index (χ0) is 52.4. The van der Waals surface area contributed by atoms with Gasteiger partial charge in [0.05, 0.1) is 61.2 Å². The van der Waals surface area contributed by atoms with E-state index in [1.807, 2.05) is 12.1 Å². The first-order valence-electron chi connectivity index (χ1n) is 26.6. The molecule has 11 heteroatoms. The van der Waals surface area contributed by atoms with Gasteiger partial charge in [0.2, 0.25) is 11.9 Å². The van der Waals surface area contributed by atoms with Crippen molar-refractivity contribution in [2.45, 2.75) is 0 Å². The minimum Gasteiger partial charge on any atom is -0.302 e. The van der Waals surface area contributed by atoms with Crippen LogP contribution in [-0.2, 0) is 21.1 Å². The average Bonchev–Trinajstić information content (AvgIpc) is 4.48. The van der Waals surface area contributed by atoms with Gasteiger partial charge in [-0.25, -0.2) is 19.9 Å². The molecule has 81 heavy (non-hydrogen) atoms. The van der Waals surface area contributed by atoms with Crippen molar-refractivity contribution in [3.63, 3.8) is 0 Å². The fraction of sp³-hybridized carbons (Fsp3) is 0. The summed E-state index contributed by atoms with van der Waals surface area (Å²) in [6.07, 6.45) is 7.67. The normalized spacial score (nSPS) is 11.9. The second-order valence-corrected chi connectivity index (χ2v) is 20.1. The maximum Gasteiger partial charge on any atom is 4.00 e. The van der Waals surface area contributed by atoms with E-state index in [-0.39, 0.29) is 21.1 Å². The number of imidazole rings is 2. The van der Waals surface area contributed by atoms with Gasteiger partial charge in [-0.1, -0.05) is 200 Å². The number of hydrogen-bond donors (Lipinski definition) is 0. The van der Waals surface area contributed by atoms with E-state index in [0.717, 1.165) is 111 Å². The zero-order valence-corrected chi connectivity index (χ0v) is 45.2. The second-order valence-electron chi connectivity index (χ2n) is 20.1. The number of rotatable bonds is 2. The maximum atomic E-state index is 5.57. The molecular formula is C70H40N10Pt+2. The summed E-state index contributed by atoms with van der Waals surface area (Å²) in [5.41, 5.74) is 17.2. The Morgan fingerprint density at radius 3 is 1.23 bits per heavy atom. The number of aromatic nitrogens is 10. The second kappa shape index (κ2) is 18.3. The van der Waals surface area contributed by atoms with Crippen molar-refractivity contribution in [3.8, 4) is 79.7 Å². The molecule has 6 aromatic heterocycles. The Hall–Kier alpha value is -10.4. The fourth-order valence-corrected chi connectivity index (χ4v) is 12.0. The van der Waals surface area contributed by atoms with Crippen LogP contribution in [0.4, 0.5) is 0 Å². The van der Waals surface area contributed by atoms with E-state index in [0.29, 0.717) is 34.7 Å². The van der Waals surface area contributed by atoms with E-state index < -0.39 is 0 Å². The van der Waals surface area contributed by atoms with Crippen molar-refractivity contribution in [3.05, 3.63) is 267 Å². The number of fused-ring (bicyclic) bond motifs is 33. The monoisotopic (exact) mass is 1220 g/mol. The third-order valence-corrected chi connectivity index (χ3v) is 15.6. The molecule has 10 bridgehead atoms. The minimum absolute atomic E-state index is 0. The van der Waals surface area contributed by atoms with Crippen molar-refractivity contribution in [1.29, 1.82) is 0 Å². The summed E-state index contributed by atoms with van der Waals surface area (Å²) in [4.78, 5) is 22.2. The van der Waals surface area contributed by atoms with Crippen LogP contribution in [0, 0.1) is 24.8 Å². The van der Waals surface area contributed by atoms with Crippen molar-refractivity contribution < 1.29 is 30.2 Å². The quantitative estimate of drug-likeness (QED) is 0.128. The molecule has 17 rings (SSSR count). The molecule has 1 aliphatic rings. The van der Waals surface area contributed by atoms with Crippen LogP contribution in [0.25, 0.3) is 145 Å². The molecule has 0 unspecified atom stereocenters. The fourth-order valence-electron chi connectivity index (χ4n) is 12.0. The maximum absolute atomic E-state index is 5.57. The first-order valence-corrected chi connectivity index (χ1v) is 26.6. The molecule has 0 spiro atoms. The Morgan fingerprint density at radius 2 is 0.704 bits per heavy atom. The minimum atomic E-state index is 0. The molecule has 1 aliphatic heterocycles. The average molecular weight is 1220 g/mol. The molecule has 0 aliphatic carbocycles. The number of nitrogens with zero attached hydrogens (tertiary/aromatic N) is 10. The molecule has 0 N–H and O–H groups in total. The first kappa shape index (κ1) is 46.7. The Balaban J connectivity index is 0.00000542. The van der Waals surface area contributed by atoms with Crippen molar-refractivity contribution in [2.75, 3.05) is 0 Å². The van der Waals surface area contributed by atoms with E-state index >= 15 is 0 Å². The Morgan fingerprint density at radius 1 is 0.321 bits per heavy atom. The molecule has 7 heterocycles. The molecule has 378 valence electrons. The summed E-state index contributed by atoms with van der Waals surface area (Å²) in [7, 11) is 0. The standard InChI is InChI=1S/C70H40N10.Pt/c1-2-23-48-47(22-1)55-41-54(71-69(72-55)79-59-30-9-3-24-49(59)50-25-4-10-31-60(50)79)45-20-19-21-46(40-45)75-43-77(64-35-14-13-34-63(64)75)67-38-17-18-39-68(67)78-44-76(65-36-15-16-37-66(65)78)58-29-8-7-28-53(58)57-42-56(48)73-70(74-57)80-61-32-11-5-26-51(61)52-27-6-12-33-62(52)80;/h1-40H;/q-2;+4. The van der Waals surface area contributed by atoms with Gasteiger partial charge in [0.15, 0.2) is 0 Å². The number of hydrogen-bond acceptors (Lipinski definition) is 4. The SMILES string of the molecule is [Pt+4].[c-]1c2nc(-n3c4ccccc4c4ccccc43)nc1-c1ccccc1-c1[c-]c(nc(-n3c4ccccc4c4ccccc43)n1)-c1ccccc1-[n+]1[c-]n(c3ccccc31)-c1ccccc1-n1[c-][n+](c3ccccc31)-c1cccc-2c1. The van der Waals surface area contributed by atoms with E-state index in [4.69, 9.17) is 19.9 Å². The van der Waals surface area contributed by atoms with Gasteiger partial charge in [-0.15, -0.1) is 53.1 Å². The van der Waals surface area contributed by atoms with Crippen LogP contribution in [-0.4, -0.2) is 38.2 Å². The van der Waals surface area contributed by atoms with Gasteiger partial charge in [-0.3, -0.25) is 22.8 Å². The summed E-state index contributed by atoms with van der Waals surface area (Å²) < 4.78 is 12.9. The Labute approximate surface area is 478 Å². The van der Waals surface area contributed by atoms with E-state index in [1.165, 1.54) is 0 Å². The molecule has 0 fully saturated rings. The molecular weight excluding hydrogens is 1180 g/mol. The molecule has 16 aromatic rings. The summed E-state index contributed by atoms with van der Waals surface area (Å²) in [5.74, 6) is 1.01. The van der Waals surface area contributed by atoms with E-state index in [9.17, 15) is 0 Å². The molecule has 10 aromatic carbocycles. The zero-order valence-electron chi connectivity index (χ0n) is 42.9. The predicted molar refractivity (Wildman–Crippen MR) is 314 cm³/mol. The third-order valence-electron chi connectivity index (χ3n) is 15.6. The van der Waals surface area contributed by atoms with Crippen LogP contribution >= 0.6 is 0 Å². The van der Waals surface area contributed by atoms with Crippen LogP contribution in [0.5, 0.6) is 0 Å². The molecule has 0 saturated heterocycles. The van der Waals surface area contributed by atoms with Crippen LogP contribution in [0.3, 0.4) is 0 Å². The summed E-state index contributed by atoms with van der Waals surface area (Å²) in [5, 5.41) is 4.44. The van der Waals surface area contributed by atoms with Gasteiger partial charge in [0.1, 0.15) is 0 Å². The first-order chi connectivity index (χ1) is 39.7. The smallest absolute Gasteiger partial charge is 0.302 e. The summed E-state index contributed by atoms with van der Waals surface area (Å²) >= 11 is 0. The van der Waals surface area contributed by atoms with Crippen LogP contribution < -0.4 is 9.13 Å². The summed E-state index contributed by atoms with van der Waals surface area (Å²) in [6, 6.07) is 91.9. The molecule has 0 saturated carbocycles. The number of para-hydroxylation sites is 11. The Kier molecular flexibility index (Phi) is 10.6. The van der Waals surface area contributed by atoms with Gasteiger partial charge in [0, 0.05) is 27.2 Å². The van der Waals surface area contributed by atoms with Crippen molar-refractivity contribution in [2.24, 2.45) is 0 Å². The van der Waals surface area contributed by atoms with Crippen LogP contribution in [0.15, 0.2) is 243 Å². The van der Waals surface area contributed by atoms with Gasteiger partial charge >= 0.3 is 21.1 Å². The molecule has 0 radical (unpaired) electrons. The van der Waals surface area contributed by atoms with Crippen molar-refractivity contribution in [1.82, 2.24) is 38.2 Å². The largest absolute Gasteiger partial charge is 4.00 e. The molecule has 10 nitrogen and oxygen atoms in total. The topological polar surface area (TPSA) is 79.0 Å². The van der Waals surface area contributed by atoms with Gasteiger partial charge in [-0.05, 0) is 47.0 Å². The van der Waals surface area contributed by atoms with Crippen LogP contribution in [0.2, 0.25) is 0 Å². The number of benzene rings is 10. The summed E-state index contributed by atoms with van der Waals surface area (Å²) in [6.45, 7) is 0.